The second-order valence-electron chi connectivity index (χ2n) is 4.50. The molecule has 0 saturated heterocycles. The van der Waals surface area contributed by atoms with Crippen molar-refractivity contribution >= 4 is 9.84 Å². The molecule has 0 amide bonds. The highest BCUT2D eigenvalue weighted by Crippen LogP contribution is 2.24. The molecule has 20 heavy (non-hydrogen) atoms. The summed E-state index contributed by atoms with van der Waals surface area (Å²) in [4.78, 5) is 14.8. The lowest BCUT2D eigenvalue weighted by Gasteiger charge is -2.09. The first-order valence-corrected chi connectivity index (χ1v) is 7.51. The Hall–Kier alpha value is -2.08. The molecule has 2 aromatic rings. The SMILES string of the molecule is Cc1ccc(S(=O)(=O)c2ccc(C)nc2CN=O)cc1. The number of nitroso groups, excluding NO2 is 1. The molecule has 0 aliphatic carbocycles. The van der Waals surface area contributed by atoms with Crippen LogP contribution in [0.2, 0.25) is 0 Å². The molecule has 0 aliphatic heterocycles. The zero-order chi connectivity index (χ0) is 14.8. The highest BCUT2D eigenvalue weighted by atomic mass is 32.2. The summed E-state index contributed by atoms with van der Waals surface area (Å²) in [6, 6.07) is 9.62. The Morgan fingerprint density at radius 1 is 1.05 bits per heavy atom. The van der Waals surface area contributed by atoms with Gasteiger partial charge in [-0.2, -0.15) is 4.91 Å². The standard InChI is InChI=1S/C14H14N2O3S/c1-10-3-6-12(7-4-10)20(18,19)14-8-5-11(2)16-13(14)9-15-17/h3-8H,9H2,1-2H3. The highest BCUT2D eigenvalue weighted by molar-refractivity contribution is 7.91. The van der Waals surface area contributed by atoms with Gasteiger partial charge in [0.2, 0.25) is 9.84 Å². The molecule has 104 valence electrons. The maximum atomic E-state index is 12.6. The summed E-state index contributed by atoms with van der Waals surface area (Å²) in [6.07, 6.45) is 0. The normalized spacial score (nSPS) is 11.3. The van der Waals surface area contributed by atoms with Gasteiger partial charge in [0.1, 0.15) is 6.54 Å². The average molecular weight is 290 g/mol. The molecule has 0 fully saturated rings. The number of benzene rings is 1. The van der Waals surface area contributed by atoms with Crippen molar-refractivity contribution in [3.8, 4) is 0 Å². The summed E-state index contributed by atoms with van der Waals surface area (Å²) in [5.41, 5.74) is 1.80. The number of hydrogen-bond donors (Lipinski definition) is 0. The van der Waals surface area contributed by atoms with Crippen LogP contribution >= 0.6 is 0 Å². The maximum absolute atomic E-state index is 12.6. The minimum atomic E-state index is -3.69. The molecule has 0 N–H and O–H groups in total. The van der Waals surface area contributed by atoms with E-state index >= 15 is 0 Å². The van der Waals surface area contributed by atoms with Crippen molar-refractivity contribution in [1.29, 1.82) is 0 Å². The quantitative estimate of drug-likeness (QED) is 0.811. The fraction of sp³-hybridized carbons (Fsp3) is 0.214. The fourth-order valence-electron chi connectivity index (χ4n) is 1.86. The first-order chi connectivity index (χ1) is 9.45. The second-order valence-corrected chi connectivity index (χ2v) is 6.42. The smallest absolute Gasteiger partial charge is 0.208 e. The molecule has 0 unspecified atom stereocenters. The fourth-order valence-corrected chi connectivity index (χ4v) is 3.28. The van der Waals surface area contributed by atoms with E-state index in [1.807, 2.05) is 6.92 Å². The zero-order valence-electron chi connectivity index (χ0n) is 11.2. The Morgan fingerprint density at radius 3 is 2.30 bits per heavy atom. The van der Waals surface area contributed by atoms with Gasteiger partial charge in [0.25, 0.3) is 0 Å². The predicted molar refractivity (Wildman–Crippen MR) is 75.1 cm³/mol. The third-order valence-corrected chi connectivity index (χ3v) is 4.75. The number of rotatable bonds is 4. The molecule has 0 aliphatic rings. The Balaban J connectivity index is 2.59. The number of hydrogen-bond acceptors (Lipinski definition) is 5. The molecular formula is C14H14N2O3S. The summed E-state index contributed by atoms with van der Waals surface area (Å²) in [5, 5.41) is 2.75. The summed E-state index contributed by atoms with van der Waals surface area (Å²) in [5.74, 6) is 0. The summed E-state index contributed by atoms with van der Waals surface area (Å²) >= 11 is 0. The molecule has 1 aromatic heterocycles. The van der Waals surface area contributed by atoms with E-state index in [1.165, 1.54) is 6.07 Å². The van der Waals surface area contributed by atoms with Crippen molar-refractivity contribution in [3.63, 3.8) is 0 Å². The van der Waals surface area contributed by atoms with E-state index in [0.29, 0.717) is 5.69 Å². The predicted octanol–water partition coefficient (Wildman–Crippen LogP) is 2.80. The van der Waals surface area contributed by atoms with Crippen LogP contribution in [0.3, 0.4) is 0 Å². The molecule has 5 nitrogen and oxygen atoms in total. The van der Waals surface area contributed by atoms with E-state index in [0.717, 1.165) is 5.56 Å². The van der Waals surface area contributed by atoms with Gasteiger partial charge in [-0.15, -0.1) is 0 Å². The average Bonchev–Trinajstić information content (AvgIpc) is 2.39. The van der Waals surface area contributed by atoms with Gasteiger partial charge in [0.05, 0.1) is 15.5 Å². The highest BCUT2D eigenvalue weighted by Gasteiger charge is 2.22. The first kappa shape index (κ1) is 14.3. The monoisotopic (exact) mass is 290 g/mol. The molecule has 2 rings (SSSR count). The van der Waals surface area contributed by atoms with Gasteiger partial charge in [0, 0.05) is 5.69 Å². The van der Waals surface area contributed by atoms with Crippen molar-refractivity contribution in [1.82, 2.24) is 4.98 Å². The van der Waals surface area contributed by atoms with Crippen molar-refractivity contribution < 1.29 is 8.42 Å². The van der Waals surface area contributed by atoms with Gasteiger partial charge in [-0.05, 0) is 38.1 Å². The Bertz CT molecular complexity index is 738. The van der Waals surface area contributed by atoms with Crippen LogP contribution in [-0.4, -0.2) is 13.4 Å². The third-order valence-electron chi connectivity index (χ3n) is 2.91. The molecule has 1 aromatic carbocycles. The molecule has 0 spiro atoms. The van der Waals surface area contributed by atoms with E-state index in [1.54, 1.807) is 37.3 Å². The minimum Gasteiger partial charge on any atom is -0.255 e. The van der Waals surface area contributed by atoms with Crippen LogP contribution in [0.15, 0.2) is 51.4 Å². The third kappa shape index (κ3) is 2.75. The van der Waals surface area contributed by atoms with Crippen LogP contribution in [-0.2, 0) is 16.4 Å². The van der Waals surface area contributed by atoms with Crippen LogP contribution < -0.4 is 0 Å². The number of sulfone groups is 1. The van der Waals surface area contributed by atoms with E-state index in [9.17, 15) is 13.3 Å². The number of pyridine rings is 1. The molecule has 1 heterocycles. The topological polar surface area (TPSA) is 76.5 Å². The van der Waals surface area contributed by atoms with E-state index in [2.05, 4.69) is 10.2 Å². The lowest BCUT2D eigenvalue weighted by atomic mass is 10.2. The molecule has 0 radical (unpaired) electrons. The second kappa shape index (κ2) is 5.50. The lowest BCUT2D eigenvalue weighted by Crippen LogP contribution is -2.08. The largest absolute Gasteiger partial charge is 0.255 e. The molecule has 0 atom stereocenters. The van der Waals surface area contributed by atoms with Crippen molar-refractivity contribution in [2.24, 2.45) is 5.18 Å². The maximum Gasteiger partial charge on any atom is 0.208 e. The van der Waals surface area contributed by atoms with E-state index in [4.69, 9.17) is 0 Å². The Kier molecular flexibility index (Phi) is 3.94. The van der Waals surface area contributed by atoms with Gasteiger partial charge in [0.15, 0.2) is 0 Å². The summed E-state index contributed by atoms with van der Waals surface area (Å²) in [7, 11) is -3.69. The Labute approximate surface area is 117 Å². The molecular weight excluding hydrogens is 276 g/mol. The van der Waals surface area contributed by atoms with Gasteiger partial charge < -0.3 is 0 Å². The zero-order valence-corrected chi connectivity index (χ0v) is 12.0. The van der Waals surface area contributed by atoms with Crippen molar-refractivity contribution in [2.75, 3.05) is 0 Å². The van der Waals surface area contributed by atoms with Crippen LogP contribution in [0.4, 0.5) is 0 Å². The van der Waals surface area contributed by atoms with Crippen molar-refractivity contribution in [2.45, 2.75) is 30.2 Å². The van der Waals surface area contributed by atoms with Crippen LogP contribution in [0.25, 0.3) is 0 Å². The van der Waals surface area contributed by atoms with Gasteiger partial charge >= 0.3 is 0 Å². The van der Waals surface area contributed by atoms with Gasteiger partial charge in [-0.3, -0.25) is 4.98 Å². The lowest BCUT2D eigenvalue weighted by molar-refractivity contribution is 0.594. The minimum absolute atomic E-state index is 0.0338. The molecule has 6 heteroatoms. The van der Waals surface area contributed by atoms with Gasteiger partial charge in [-0.25, -0.2) is 8.42 Å². The Morgan fingerprint density at radius 2 is 1.70 bits per heavy atom. The molecule has 0 bridgehead atoms. The van der Waals surface area contributed by atoms with Crippen LogP contribution in [0, 0.1) is 18.8 Å². The summed E-state index contributed by atoms with van der Waals surface area (Å²) in [6.45, 7) is 3.35. The number of aromatic nitrogens is 1. The van der Waals surface area contributed by atoms with E-state index in [-0.39, 0.29) is 22.0 Å². The van der Waals surface area contributed by atoms with Crippen LogP contribution in [0.5, 0.6) is 0 Å². The first-order valence-electron chi connectivity index (χ1n) is 6.02. The van der Waals surface area contributed by atoms with Crippen LogP contribution in [0.1, 0.15) is 17.0 Å². The van der Waals surface area contributed by atoms with Crippen molar-refractivity contribution in [3.05, 3.63) is 58.3 Å². The molecule has 0 saturated carbocycles. The summed E-state index contributed by atoms with van der Waals surface area (Å²) < 4.78 is 25.1. The van der Waals surface area contributed by atoms with Gasteiger partial charge in [-0.1, -0.05) is 22.9 Å². The number of nitrogens with zero attached hydrogens (tertiary/aromatic N) is 2. The number of aryl methyl sites for hydroxylation is 2. The van der Waals surface area contributed by atoms with E-state index < -0.39 is 9.84 Å².